The van der Waals surface area contributed by atoms with Crippen LogP contribution < -0.4 is 4.72 Å². The average molecular weight is 369 g/mol. The molecule has 2 aromatic rings. The molecule has 7 heteroatoms. The number of hydrogen-bond acceptors (Lipinski definition) is 4. The first kappa shape index (κ1) is 17.5. The number of aromatic hydroxyl groups is 1. The predicted molar refractivity (Wildman–Crippen MR) is 94.9 cm³/mol. The lowest BCUT2D eigenvalue weighted by Gasteiger charge is -2.22. The van der Waals surface area contributed by atoms with Crippen molar-refractivity contribution in [3.05, 3.63) is 28.9 Å². The molecule has 1 aromatic carbocycles. The van der Waals surface area contributed by atoms with Gasteiger partial charge in [0.05, 0.1) is 5.02 Å². The monoisotopic (exact) mass is 368 g/mol. The lowest BCUT2D eigenvalue weighted by atomic mass is 9.90. The summed E-state index contributed by atoms with van der Waals surface area (Å²) in [5.74, 6) is 0.00112. The lowest BCUT2D eigenvalue weighted by molar-refractivity contribution is 0.357. The van der Waals surface area contributed by atoms with Crippen molar-refractivity contribution in [3.8, 4) is 5.75 Å². The Labute approximate surface area is 147 Å². The van der Waals surface area contributed by atoms with Crippen molar-refractivity contribution >= 4 is 32.5 Å². The average Bonchev–Trinajstić information content (AvgIpc) is 2.57. The van der Waals surface area contributed by atoms with Gasteiger partial charge in [0.1, 0.15) is 10.4 Å². The molecule has 130 valence electrons. The fraction of sp³-hybridized carbons (Fsp3) is 0.471. The molecule has 0 atom stereocenters. The van der Waals surface area contributed by atoms with E-state index < -0.39 is 10.0 Å². The van der Waals surface area contributed by atoms with Gasteiger partial charge in [0.15, 0.2) is 5.75 Å². The zero-order valence-electron chi connectivity index (χ0n) is 13.5. The van der Waals surface area contributed by atoms with Gasteiger partial charge in [-0.05, 0) is 43.9 Å². The normalized spacial score (nSPS) is 16.6. The number of benzene rings is 1. The van der Waals surface area contributed by atoms with E-state index in [0.29, 0.717) is 23.5 Å². The second-order valence-corrected chi connectivity index (χ2v) is 8.55. The van der Waals surface area contributed by atoms with Crippen LogP contribution in [-0.4, -0.2) is 25.1 Å². The van der Waals surface area contributed by atoms with Crippen LogP contribution in [0.25, 0.3) is 10.9 Å². The van der Waals surface area contributed by atoms with E-state index in [1.165, 1.54) is 12.5 Å². The van der Waals surface area contributed by atoms with Crippen molar-refractivity contribution in [2.75, 3.05) is 6.54 Å². The highest BCUT2D eigenvalue weighted by Crippen LogP contribution is 2.36. The SMILES string of the molecule is Cc1ccc2c(Cl)cc(S(=O)(=O)NCC3CCCCC3)c(O)c2n1. The van der Waals surface area contributed by atoms with Gasteiger partial charge in [0.2, 0.25) is 10.0 Å². The van der Waals surface area contributed by atoms with Gasteiger partial charge in [-0.15, -0.1) is 0 Å². The summed E-state index contributed by atoms with van der Waals surface area (Å²) in [6.07, 6.45) is 5.57. The van der Waals surface area contributed by atoms with E-state index in [-0.39, 0.29) is 21.2 Å². The predicted octanol–water partition coefficient (Wildman–Crippen LogP) is 3.76. The topological polar surface area (TPSA) is 79.3 Å². The summed E-state index contributed by atoms with van der Waals surface area (Å²) in [5.41, 5.74) is 0.888. The van der Waals surface area contributed by atoms with Crippen LogP contribution in [0.15, 0.2) is 23.1 Å². The Morgan fingerprint density at radius 3 is 2.71 bits per heavy atom. The Bertz CT molecular complexity index is 862. The minimum atomic E-state index is -3.84. The molecule has 3 rings (SSSR count). The Kier molecular flexibility index (Phi) is 4.99. The van der Waals surface area contributed by atoms with Crippen molar-refractivity contribution in [1.29, 1.82) is 0 Å². The Balaban J connectivity index is 1.93. The van der Waals surface area contributed by atoms with Crippen LogP contribution in [-0.2, 0) is 10.0 Å². The molecule has 0 unspecified atom stereocenters. The highest BCUT2D eigenvalue weighted by Gasteiger charge is 2.24. The smallest absolute Gasteiger partial charge is 0.244 e. The number of sulfonamides is 1. The van der Waals surface area contributed by atoms with Crippen molar-refractivity contribution in [3.63, 3.8) is 0 Å². The number of nitrogens with zero attached hydrogens (tertiary/aromatic N) is 1. The van der Waals surface area contributed by atoms with Crippen LogP contribution in [0.3, 0.4) is 0 Å². The second-order valence-electron chi connectivity index (χ2n) is 6.41. The quantitative estimate of drug-likeness (QED) is 0.861. The van der Waals surface area contributed by atoms with Gasteiger partial charge in [-0.3, -0.25) is 0 Å². The molecule has 1 saturated carbocycles. The van der Waals surface area contributed by atoms with E-state index >= 15 is 0 Å². The standard InChI is InChI=1S/C17H21ClN2O3S/c1-11-7-8-13-14(18)9-15(17(21)16(13)20-11)24(22,23)19-10-12-5-3-2-4-6-12/h7-9,12,19,21H,2-6,10H2,1H3. The van der Waals surface area contributed by atoms with Gasteiger partial charge < -0.3 is 5.11 Å². The molecule has 1 aliphatic carbocycles. The molecular formula is C17H21ClN2O3S. The number of phenols is 1. The van der Waals surface area contributed by atoms with Crippen molar-refractivity contribution < 1.29 is 13.5 Å². The van der Waals surface area contributed by atoms with Gasteiger partial charge >= 0.3 is 0 Å². The summed E-state index contributed by atoms with van der Waals surface area (Å²) in [7, 11) is -3.84. The minimum absolute atomic E-state index is 0.209. The first-order valence-corrected chi connectivity index (χ1v) is 10.0. The molecule has 0 spiro atoms. The van der Waals surface area contributed by atoms with Crippen molar-refractivity contribution in [1.82, 2.24) is 9.71 Å². The van der Waals surface area contributed by atoms with E-state index in [9.17, 15) is 13.5 Å². The van der Waals surface area contributed by atoms with Crippen LogP contribution in [0, 0.1) is 12.8 Å². The van der Waals surface area contributed by atoms with Gasteiger partial charge in [-0.2, -0.15) is 0 Å². The number of pyridine rings is 1. The molecule has 0 aliphatic heterocycles. The van der Waals surface area contributed by atoms with E-state index in [0.717, 1.165) is 25.7 Å². The van der Waals surface area contributed by atoms with Gasteiger partial charge in [0.25, 0.3) is 0 Å². The molecule has 0 amide bonds. The number of hydrogen-bond donors (Lipinski definition) is 2. The van der Waals surface area contributed by atoms with Crippen LogP contribution in [0.1, 0.15) is 37.8 Å². The summed E-state index contributed by atoms with van der Waals surface area (Å²) in [5, 5.41) is 11.2. The zero-order chi connectivity index (χ0) is 17.3. The molecule has 2 N–H and O–H groups in total. The van der Waals surface area contributed by atoms with E-state index in [4.69, 9.17) is 11.6 Å². The minimum Gasteiger partial charge on any atom is -0.504 e. The number of aryl methyl sites for hydroxylation is 1. The fourth-order valence-electron chi connectivity index (χ4n) is 3.21. The molecule has 1 fully saturated rings. The lowest BCUT2D eigenvalue weighted by Crippen LogP contribution is -2.30. The highest BCUT2D eigenvalue weighted by molar-refractivity contribution is 7.89. The third kappa shape index (κ3) is 3.50. The summed E-state index contributed by atoms with van der Waals surface area (Å²) < 4.78 is 27.9. The summed E-state index contributed by atoms with van der Waals surface area (Å²) >= 11 is 6.20. The molecule has 5 nitrogen and oxygen atoms in total. The Morgan fingerprint density at radius 1 is 1.29 bits per heavy atom. The van der Waals surface area contributed by atoms with Gasteiger partial charge in [-0.1, -0.05) is 30.9 Å². The van der Waals surface area contributed by atoms with Crippen LogP contribution >= 0.6 is 11.6 Å². The van der Waals surface area contributed by atoms with Crippen molar-refractivity contribution in [2.45, 2.75) is 43.9 Å². The molecule has 0 radical (unpaired) electrons. The third-order valence-electron chi connectivity index (χ3n) is 4.58. The number of fused-ring (bicyclic) bond motifs is 1. The summed E-state index contributed by atoms with van der Waals surface area (Å²) in [4.78, 5) is 4.02. The molecule has 1 heterocycles. The molecule has 0 bridgehead atoms. The Morgan fingerprint density at radius 2 is 2.00 bits per heavy atom. The first-order valence-electron chi connectivity index (χ1n) is 8.17. The summed E-state index contributed by atoms with van der Waals surface area (Å²) in [6, 6.07) is 4.79. The molecule has 1 aliphatic rings. The van der Waals surface area contributed by atoms with E-state index in [2.05, 4.69) is 9.71 Å². The maximum absolute atomic E-state index is 12.6. The van der Waals surface area contributed by atoms with E-state index in [1.807, 2.05) is 0 Å². The highest BCUT2D eigenvalue weighted by atomic mass is 35.5. The summed E-state index contributed by atoms with van der Waals surface area (Å²) in [6.45, 7) is 2.16. The number of aromatic nitrogens is 1. The molecule has 1 aromatic heterocycles. The Hall–Kier alpha value is -1.37. The number of halogens is 1. The maximum Gasteiger partial charge on any atom is 0.244 e. The third-order valence-corrected chi connectivity index (χ3v) is 6.33. The van der Waals surface area contributed by atoms with Crippen LogP contribution in [0.2, 0.25) is 5.02 Å². The van der Waals surface area contributed by atoms with Crippen LogP contribution in [0.4, 0.5) is 0 Å². The van der Waals surface area contributed by atoms with Gasteiger partial charge in [0, 0.05) is 17.6 Å². The largest absolute Gasteiger partial charge is 0.504 e. The second kappa shape index (κ2) is 6.86. The fourth-order valence-corrected chi connectivity index (χ4v) is 4.77. The molecule has 0 saturated heterocycles. The van der Waals surface area contributed by atoms with Crippen LogP contribution in [0.5, 0.6) is 5.75 Å². The first-order chi connectivity index (χ1) is 11.4. The van der Waals surface area contributed by atoms with Crippen molar-refractivity contribution in [2.24, 2.45) is 5.92 Å². The zero-order valence-corrected chi connectivity index (χ0v) is 15.1. The molecule has 24 heavy (non-hydrogen) atoms. The number of phenolic OH excluding ortho intramolecular Hbond substituents is 1. The maximum atomic E-state index is 12.6. The van der Waals surface area contributed by atoms with Gasteiger partial charge in [-0.25, -0.2) is 18.1 Å². The van der Waals surface area contributed by atoms with E-state index in [1.54, 1.807) is 19.1 Å². The number of nitrogens with one attached hydrogen (secondary N) is 1. The number of rotatable bonds is 4. The molecular weight excluding hydrogens is 348 g/mol.